The number of aldehydes is 1. The largest absolute Gasteiger partial charge is 0.415 e. The first-order chi connectivity index (χ1) is 13.5. The third-order valence-corrected chi connectivity index (χ3v) is 4.71. The van der Waals surface area contributed by atoms with Crippen LogP contribution in [0, 0.1) is 6.92 Å². The zero-order valence-corrected chi connectivity index (χ0v) is 15.6. The van der Waals surface area contributed by atoms with Crippen molar-refractivity contribution in [2.45, 2.75) is 13.5 Å². The van der Waals surface area contributed by atoms with E-state index in [1.54, 1.807) is 4.90 Å². The molecule has 1 aromatic heterocycles. The Bertz CT molecular complexity index is 892. The van der Waals surface area contributed by atoms with E-state index in [4.69, 9.17) is 10.5 Å². The summed E-state index contributed by atoms with van der Waals surface area (Å²) in [4.78, 5) is 42.3. The second-order valence-corrected chi connectivity index (χ2v) is 6.71. The normalized spacial score (nSPS) is 14.5. The first-order valence-electron chi connectivity index (χ1n) is 8.95. The van der Waals surface area contributed by atoms with Crippen molar-refractivity contribution in [2.24, 2.45) is 5.73 Å². The van der Waals surface area contributed by atoms with Gasteiger partial charge in [-0.3, -0.25) is 19.5 Å². The van der Waals surface area contributed by atoms with E-state index in [1.807, 2.05) is 25.1 Å². The zero-order chi connectivity index (χ0) is 20.1. The number of nitrogens with two attached hydrogens (primary N) is 1. The summed E-state index contributed by atoms with van der Waals surface area (Å²) in [5.41, 5.74) is 8.12. The summed E-state index contributed by atoms with van der Waals surface area (Å²) < 4.78 is 5.30. The van der Waals surface area contributed by atoms with Crippen LogP contribution in [0.5, 0.6) is 5.75 Å². The monoisotopic (exact) mass is 382 g/mol. The summed E-state index contributed by atoms with van der Waals surface area (Å²) in [6.07, 6.45) is 3.07. The van der Waals surface area contributed by atoms with Gasteiger partial charge in [0.25, 0.3) is 0 Å². The lowest BCUT2D eigenvalue weighted by atomic mass is 10.1. The summed E-state index contributed by atoms with van der Waals surface area (Å²) in [6, 6.07) is 7.26. The predicted octanol–water partition coefficient (Wildman–Crippen LogP) is 1.62. The minimum absolute atomic E-state index is 0.183. The highest BCUT2D eigenvalue weighted by Crippen LogP contribution is 2.15. The van der Waals surface area contributed by atoms with Gasteiger partial charge in [0.2, 0.25) is 5.91 Å². The molecule has 1 aliphatic heterocycles. The Hall–Kier alpha value is -3.26. The van der Waals surface area contributed by atoms with Crippen LogP contribution in [-0.2, 0) is 6.54 Å². The van der Waals surface area contributed by atoms with Gasteiger partial charge < -0.3 is 15.4 Å². The van der Waals surface area contributed by atoms with Crippen LogP contribution < -0.4 is 10.5 Å². The van der Waals surface area contributed by atoms with Crippen LogP contribution in [0.1, 0.15) is 31.8 Å². The summed E-state index contributed by atoms with van der Waals surface area (Å²) in [6.45, 7) is 5.06. The molecule has 0 saturated carbocycles. The number of amides is 2. The number of aryl methyl sites for hydroxylation is 1. The number of benzene rings is 1. The lowest BCUT2D eigenvalue weighted by molar-refractivity contribution is 0.0995. The molecular weight excluding hydrogens is 360 g/mol. The van der Waals surface area contributed by atoms with Crippen LogP contribution >= 0.6 is 0 Å². The van der Waals surface area contributed by atoms with Gasteiger partial charge in [-0.1, -0.05) is 12.1 Å². The van der Waals surface area contributed by atoms with E-state index >= 15 is 0 Å². The quantitative estimate of drug-likeness (QED) is 0.788. The van der Waals surface area contributed by atoms with Crippen molar-refractivity contribution < 1.29 is 19.1 Å². The van der Waals surface area contributed by atoms with Crippen LogP contribution in [0.2, 0.25) is 0 Å². The van der Waals surface area contributed by atoms with E-state index in [0.29, 0.717) is 38.3 Å². The molecule has 146 valence electrons. The molecule has 1 aromatic carbocycles. The molecule has 0 spiro atoms. The SMILES string of the molecule is Cc1ccc(CN2CCN(C(=O)Oc3cncc(C(N)=O)c3)CC2)cc1C=O. The number of piperazine rings is 1. The minimum atomic E-state index is -0.632. The van der Waals surface area contributed by atoms with Crippen molar-refractivity contribution in [2.75, 3.05) is 26.2 Å². The fraction of sp³-hybridized carbons (Fsp3) is 0.300. The molecule has 8 nitrogen and oxygen atoms in total. The standard InChI is InChI=1S/C20H22N4O4/c1-14-2-3-15(8-17(14)13-25)12-23-4-6-24(7-5-23)20(27)28-18-9-16(19(21)26)10-22-11-18/h2-3,8-11,13H,4-7,12H2,1H3,(H2,21,26). The molecular formula is C20H22N4O4. The van der Waals surface area contributed by atoms with Gasteiger partial charge in [-0.05, 0) is 30.2 Å². The maximum atomic E-state index is 12.3. The molecule has 2 aromatic rings. The minimum Gasteiger partial charge on any atom is -0.409 e. The number of carbonyl (C=O) groups excluding carboxylic acids is 3. The third kappa shape index (κ3) is 4.72. The zero-order valence-electron chi connectivity index (χ0n) is 15.6. The Kier molecular flexibility index (Phi) is 6.00. The predicted molar refractivity (Wildman–Crippen MR) is 102 cm³/mol. The van der Waals surface area contributed by atoms with Crippen molar-refractivity contribution in [1.29, 1.82) is 0 Å². The molecule has 0 bridgehead atoms. The molecule has 1 saturated heterocycles. The van der Waals surface area contributed by atoms with E-state index in [0.717, 1.165) is 17.4 Å². The number of rotatable bonds is 5. The Morgan fingerprint density at radius 2 is 1.93 bits per heavy atom. The topological polar surface area (TPSA) is 106 Å². The van der Waals surface area contributed by atoms with E-state index in [2.05, 4.69) is 9.88 Å². The molecule has 1 fully saturated rings. The average molecular weight is 382 g/mol. The van der Waals surface area contributed by atoms with Gasteiger partial charge in [0.1, 0.15) is 6.29 Å². The van der Waals surface area contributed by atoms with Crippen molar-refractivity contribution in [3.05, 3.63) is 58.9 Å². The summed E-state index contributed by atoms with van der Waals surface area (Å²) in [7, 11) is 0. The highest BCUT2D eigenvalue weighted by Gasteiger charge is 2.23. The van der Waals surface area contributed by atoms with Gasteiger partial charge in [0.15, 0.2) is 5.75 Å². The van der Waals surface area contributed by atoms with E-state index in [9.17, 15) is 14.4 Å². The summed E-state index contributed by atoms with van der Waals surface area (Å²) >= 11 is 0. The van der Waals surface area contributed by atoms with Crippen LogP contribution in [0.15, 0.2) is 36.7 Å². The third-order valence-electron chi connectivity index (χ3n) is 4.71. The Morgan fingerprint density at radius 3 is 2.61 bits per heavy atom. The van der Waals surface area contributed by atoms with Gasteiger partial charge in [-0.15, -0.1) is 0 Å². The molecule has 0 atom stereocenters. The first kappa shape index (κ1) is 19.5. The highest BCUT2D eigenvalue weighted by atomic mass is 16.6. The lowest BCUT2D eigenvalue weighted by Crippen LogP contribution is -2.49. The van der Waals surface area contributed by atoms with E-state index < -0.39 is 12.0 Å². The number of hydrogen-bond acceptors (Lipinski definition) is 6. The Labute approximate surface area is 162 Å². The molecule has 3 rings (SSSR count). The molecule has 0 radical (unpaired) electrons. The fourth-order valence-corrected chi connectivity index (χ4v) is 3.04. The number of carbonyl (C=O) groups is 3. The fourth-order valence-electron chi connectivity index (χ4n) is 3.04. The Morgan fingerprint density at radius 1 is 1.18 bits per heavy atom. The van der Waals surface area contributed by atoms with Crippen LogP contribution in [0.4, 0.5) is 4.79 Å². The van der Waals surface area contributed by atoms with Crippen LogP contribution in [0.3, 0.4) is 0 Å². The second-order valence-electron chi connectivity index (χ2n) is 6.71. The molecule has 0 aliphatic carbocycles. The number of ether oxygens (including phenoxy) is 1. The van der Waals surface area contributed by atoms with E-state index in [-0.39, 0.29) is 11.3 Å². The maximum Gasteiger partial charge on any atom is 0.415 e. The highest BCUT2D eigenvalue weighted by molar-refractivity contribution is 5.92. The number of aromatic nitrogens is 1. The number of pyridine rings is 1. The number of primary amides is 1. The Balaban J connectivity index is 1.53. The van der Waals surface area contributed by atoms with Gasteiger partial charge in [-0.25, -0.2) is 4.79 Å². The molecule has 2 N–H and O–H groups in total. The lowest BCUT2D eigenvalue weighted by Gasteiger charge is -2.34. The first-order valence-corrected chi connectivity index (χ1v) is 8.95. The van der Waals surface area contributed by atoms with Crippen molar-refractivity contribution in [3.8, 4) is 5.75 Å². The smallest absolute Gasteiger partial charge is 0.409 e. The summed E-state index contributed by atoms with van der Waals surface area (Å²) in [5, 5.41) is 0. The van der Waals surface area contributed by atoms with Gasteiger partial charge in [-0.2, -0.15) is 0 Å². The van der Waals surface area contributed by atoms with Crippen molar-refractivity contribution in [3.63, 3.8) is 0 Å². The van der Waals surface area contributed by atoms with Crippen molar-refractivity contribution >= 4 is 18.3 Å². The molecule has 1 aliphatic rings. The maximum absolute atomic E-state index is 12.3. The van der Waals surface area contributed by atoms with Crippen molar-refractivity contribution in [1.82, 2.24) is 14.8 Å². The average Bonchev–Trinajstić information content (AvgIpc) is 2.70. The van der Waals surface area contributed by atoms with Crippen LogP contribution in [-0.4, -0.2) is 59.2 Å². The molecule has 2 heterocycles. The molecule has 2 amide bonds. The number of hydrogen-bond donors (Lipinski definition) is 1. The number of nitrogens with zero attached hydrogens (tertiary/aromatic N) is 3. The van der Waals surface area contributed by atoms with Gasteiger partial charge >= 0.3 is 6.09 Å². The second kappa shape index (κ2) is 8.62. The van der Waals surface area contributed by atoms with Crippen LogP contribution in [0.25, 0.3) is 0 Å². The molecule has 28 heavy (non-hydrogen) atoms. The van der Waals surface area contributed by atoms with Gasteiger partial charge in [0.05, 0.1) is 11.8 Å². The summed E-state index contributed by atoms with van der Waals surface area (Å²) in [5.74, 6) is -0.447. The molecule has 8 heteroatoms. The molecule has 0 unspecified atom stereocenters. The van der Waals surface area contributed by atoms with E-state index in [1.165, 1.54) is 18.5 Å². The van der Waals surface area contributed by atoms with Gasteiger partial charge in [0, 0.05) is 44.5 Å².